The van der Waals surface area contributed by atoms with Gasteiger partial charge in [-0.3, -0.25) is 0 Å². The van der Waals surface area contributed by atoms with E-state index in [1.807, 2.05) is 6.07 Å². The highest BCUT2D eigenvalue weighted by atomic mass is 19.1. The largest absolute Gasteiger partial charge is 0.383 e. The van der Waals surface area contributed by atoms with E-state index in [-0.39, 0.29) is 11.2 Å². The molecule has 0 atom stereocenters. The zero-order valence-electron chi connectivity index (χ0n) is 12.3. The summed E-state index contributed by atoms with van der Waals surface area (Å²) in [5, 5.41) is 3.39. The van der Waals surface area contributed by atoms with Crippen molar-refractivity contribution in [2.45, 2.75) is 40.0 Å². The number of rotatable bonds is 4. The molecule has 0 radical (unpaired) electrons. The lowest BCUT2D eigenvalue weighted by Gasteiger charge is -2.31. The van der Waals surface area contributed by atoms with E-state index in [9.17, 15) is 4.39 Å². The molecule has 2 nitrogen and oxygen atoms in total. The summed E-state index contributed by atoms with van der Waals surface area (Å²) in [6.07, 6.45) is 3.68. The summed E-state index contributed by atoms with van der Waals surface area (Å²) in [4.78, 5) is 2.41. The second-order valence-corrected chi connectivity index (χ2v) is 6.31. The molecule has 1 aromatic carbocycles. The molecule has 1 aliphatic rings. The van der Waals surface area contributed by atoms with Crippen LogP contribution in [-0.2, 0) is 0 Å². The fourth-order valence-corrected chi connectivity index (χ4v) is 2.67. The minimum absolute atomic E-state index is 0.167. The Morgan fingerprint density at radius 1 is 1.32 bits per heavy atom. The number of nitrogens with one attached hydrogen (secondary N) is 1. The first-order valence-electron chi connectivity index (χ1n) is 7.30. The molecule has 0 spiro atoms. The lowest BCUT2D eigenvalue weighted by Crippen LogP contribution is -2.36. The summed E-state index contributed by atoms with van der Waals surface area (Å²) in [5.41, 5.74) is 2.27. The molecular formula is C16H25FN2. The monoisotopic (exact) mass is 264 g/mol. The number of anilines is 2. The predicted octanol–water partition coefficient (Wildman–Crippen LogP) is 4.27. The van der Waals surface area contributed by atoms with E-state index in [2.05, 4.69) is 31.0 Å². The van der Waals surface area contributed by atoms with Crippen LogP contribution in [0.15, 0.2) is 18.2 Å². The van der Waals surface area contributed by atoms with Gasteiger partial charge in [-0.15, -0.1) is 0 Å². The van der Waals surface area contributed by atoms with Crippen molar-refractivity contribution in [2.75, 3.05) is 29.9 Å². The summed E-state index contributed by atoms with van der Waals surface area (Å²) in [5.74, 6) is -0.167. The van der Waals surface area contributed by atoms with E-state index in [0.29, 0.717) is 0 Å². The number of hydrogen-bond acceptors (Lipinski definition) is 2. The molecule has 1 aromatic rings. The second kappa shape index (κ2) is 5.81. The van der Waals surface area contributed by atoms with Crippen molar-refractivity contribution in [3.05, 3.63) is 24.0 Å². The highest BCUT2D eigenvalue weighted by molar-refractivity contribution is 5.71. The third-order valence-corrected chi connectivity index (χ3v) is 3.71. The van der Waals surface area contributed by atoms with Gasteiger partial charge < -0.3 is 10.2 Å². The van der Waals surface area contributed by atoms with Gasteiger partial charge in [0.2, 0.25) is 0 Å². The number of benzene rings is 1. The molecule has 3 heteroatoms. The fraction of sp³-hybridized carbons (Fsp3) is 0.625. The van der Waals surface area contributed by atoms with Gasteiger partial charge in [0.15, 0.2) is 0 Å². The van der Waals surface area contributed by atoms with E-state index in [0.717, 1.165) is 31.0 Å². The highest BCUT2D eigenvalue weighted by Gasteiger charge is 2.27. The maximum absolute atomic E-state index is 13.4. The van der Waals surface area contributed by atoms with Crippen molar-refractivity contribution < 1.29 is 4.39 Å². The minimum atomic E-state index is -0.167. The number of unbranched alkanes of at least 4 members (excludes halogenated alkanes) is 2. The maximum Gasteiger partial charge on any atom is 0.125 e. The molecule has 1 aliphatic heterocycles. The molecule has 0 bridgehead atoms. The molecule has 0 aliphatic carbocycles. The first-order valence-corrected chi connectivity index (χ1v) is 7.30. The molecule has 0 unspecified atom stereocenters. The van der Waals surface area contributed by atoms with Crippen LogP contribution in [0.4, 0.5) is 15.8 Å². The Morgan fingerprint density at radius 2 is 2.11 bits per heavy atom. The normalized spacial score (nSPS) is 17.6. The summed E-state index contributed by atoms with van der Waals surface area (Å²) in [7, 11) is 0. The number of hydrogen-bond donors (Lipinski definition) is 1. The molecule has 1 N–H and O–H groups in total. The van der Waals surface area contributed by atoms with Gasteiger partial charge in [-0.2, -0.15) is 0 Å². The zero-order chi connectivity index (χ0) is 13.9. The number of halogens is 1. The molecule has 0 amide bonds. The van der Waals surface area contributed by atoms with E-state index < -0.39 is 0 Å². The van der Waals surface area contributed by atoms with Crippen LogP contribution in [0.1, 0.15) is 40.0 Å². The molecular weight excluding hydrogens is 239 g/mol. The van der Waals surface area contributed by atoms with E-state index >= 15 is 0 Å². The molecule has 0 fully saturated rings. The Bertz CT molecular complexity index is 429. The van der Waals surface area contributed by atoms with Crippen molar-refractivity contribution in [3.8, 4) is 0 Å². The first-order chi connectivity index (χ1) is 9.02. The highest BCUT2D eigenvalue weighted by Crippen LogP contribution is 2.34. The van der Waals surface area contributed by atoms with Gasteiger partial charge in [-0.25, -0.2) is 4.39 Å². The fourth-order valence-electron chi connectivity index (χ4n) is 2.67. The molecule has 0 aromatic heterocycles. The number of nitrogens with zero attached hydrogens (tertiary/aromatic N) is 1. The van der Waals surface area contributed by atoms with Gasteiger partial charge in [0.25, 0.3) is 0 Å². The Labute approximate surface area is 116 Å². The van der Waals surface area contributed by atoms with E-state index in [4.69, 9.17) is 0 Å². The SMILES string of the molecule is CCCCCN1CC(C)(C)CNc2cc(F)ccc21. The van der Waals surface area contributed by atoms with E-state index in [1.165, 1.54) is 19.3 Å². The summed E-state index contributed by atoms with van der Waals surface area (Å²) >= 11 is 0. The molecule has 0 saturated heterocycles. The Hall–Kier alpha value is -1.25. The molecule has 19 heavy (non-hydrogen) atoms. The van der Waals surface area contributed by atoms with Crippen LogP contribution < -0.4 is 10.2 Å². The Kier molecular flexibility index (Phi) is 4.33. The third kappa shape index (κ3) is 3.62. The lowest BCUT2D eigenvalue weighted by molar-refractivity contribution is 0.393. The smallest absolute Gasteiger partial charge is 0.125 e. The van der Waals surface area contributed by atoms with Gasteiger partial charge in [-0.05, 0) is 30.0 Å². The topological polar surface area (TPSA) is 15.3 Å². The van der Waals surface area contributed by atoms with Crippen molar-refractivity contribution in [1.29, 1.82) is 0 Å². The van der Waals surface area contributed by atoms with Crippen LogP contribution in [0.3, 0.4) is 0 Å². The molecule has 106 valence electrons. The average molecular weight is 264 g/mol. The molecule has 2 rings (SSSR count). The third-order valence-electron chi connectivity index (χ3n) is 3.71. The first kappa shape index (κ1) is 14.2. The van der Waals surface area contributed by atoms with Crippen molar-refractivity contribution in [2.24, 2.45) is 5.41 Å². The van der Waals surface area contributed by atoms with Gasteiger partial charge in [0.1, 0.15) is 5.82 Å². The standard InChI is InChI=1S/C16H25FN2/c1-4-5-6-9-19-12-16(2,3)11-18-14-10-13(17)7-8-15(14)19/h7-8,10,18H,4-6,9,11-12H2,1-3H3. The Balaban J connectivity index is 2.22. The predicted molar refractivity (Wildman–Crippen MR) is 80.4 cm³/mol. The lowest BCUT2D eigenvalue weighted by atomic mass is 9.93. The van der Waals surface area contributed by atoms with Gasteiger partial charge in [0.05, 0.1) is 11.4 Å². The maximum atomic E-state index is 13.4. The van der Waals surface area contributed by atoms with Gasteiger partial charge >= 0.3 is 0 Å². The summed E-state index contributed by atoms with van der Waals surface area (Å²) < 4.78 is 13.4. The Morgan fingerprint density at radius 3 is 2.84 bits per heavy atom. The van der Waals surface area contributed by atoms with Crippen LogP contribution >= 0.6 is 0 Å². The van der Waals surface area contributed by atoms with Gasteiger partial charge in [0, 0.05) is 19.6 Å². The van der Waals surface area contributed by atoms with Crippen molar-refractivity contribution in [3.63, 3.8) is 0 Å². The van der Waals surface area contributed by atoms with Crippen molar-refractivity contribution >= 4 is 11.4 Å². The summed E-state index contributed by atoms with van der Waals surface area (Å²) in [6.45, 7) is 9.69. The van der Waals surface area contributed by atoms with E-state index in [1.54, 1.807) is 12.1 Å². The summed E-state index contributed by atoms with van der Waals surface area (Å²) in [6, 6.07) is 5.08. The quantitative estimate of drug-likeness (QED) is 0.817. The van der Waals surface area contributed by atoms with Crippen LogP contribution in [0.2, 0.25) is 0 Å². The van der Waals surface area contributed by atoms with Gasteiger partial charge in [-0.1, -0.05) is 33.6 Å². The van der Waals surface area contributed by atoms with Crippen LogP contribution in [0, 0.1) is 11.2 Å². The zero-order valence-corrected chi connectivity index (χ0v) is 12.3. The van der Waals surface area contributed by atoms with Crippen LogP contribution in [0.5, 0.6) is 0 Å². The second-order valence-electron chi connectivity index (χ2n) is 6.31. The average Bonchev–Trinajstić information content (AvgIpc) is 2.47. The van der Waals surface area contributed by atoms with Crippen LogP contribution in [0.25, 0.3) is 0 Å². The minimum Gasteiger partial charge on any atom is -0.383 e. The number of fused-ring (bicyclic) bond motifs is 1. The molecule has 0 saturated carbocycles. The molecule has 1 heterocycles. The van der Waals surface area contributed by atoms with Crippen LogP contribution in [-0.4, -0.2) is 19.6 Å². The van der Waals surface area contributed by atoms with Crippen molar-refractivity contribution in [1.82, 2.24) is 0 Å².